The maximum absolute atomic E-state index is 12.5. The van der Waals surface area contributed by atoms with Crippen LogP contribution in [0.1, 0.15) is 55.7 Å². The Bertz CT molecular complexity index is 1250. The van der Waals surface area contributed by atoms with Crippen molar-refractivity contribution in [3.05, 3.63) is 103 Å². The molecule has 1 saturated heterocycles. The number of hydrogen-bond acceptors (Lipinski definition) is 6. The highest BCUT2D eigenvalue weighted by Gasteiger charge is 2.28. The Hall–Kier alpha value is -3.23. The first-order valence-corrected chi connectivity index (χ1v) is 11.5. The smallest absolute Gasteiger partial charge is 0.291 e. The van der Waals surface area contributed by atoms with Gasteiger partial charge in [-0.3, -0.25) is 4.79 Å². The molecule has 186 valence electrons. The third-order valence-electron chi connectivity index (χ3n) is 5.85. The van der Waals surface area contributed by atoms with Crippen LogP contribution in [-0.4, -0.2) is 18.9 Å². The van der Waals surface area contributed by atoms with Gasteiger partial charge < -0.3 is 19.1 Å². The number of allylic oxidation sites excluding steroid dienone is 6. The number of hydrogen-bond donors (Lipinski definition) is 2. The molecule has 2 aromatic rings. The van der Waals surface area contributed by atoms with E-state index in [0.717, 1.165) is 27.9 Å². The van der Waals surface area contributed by atoms with E-state index in [1.165, 1.54) is 7.11 Å². The highest BCUT2D eigenvalue weighted by atomic mass is 16.8. The predicted molar refractivity (Wildman–Crippen MR) is 136 cm³/mol. The molecule has 2 atom stereocenters. The molecule has 0 amide bonds. The summed E-state index contributed by atoms with van der Waals surface area (Å²) in [6.07, 6.45) is 8.64. The normalized spacial score (nSPS) is 19.4. The number of rotatable bonds is 7. The lowest BCUT2D eigenvalue weighted by Crippen LogP contribution is -2.99. The van der Waals surface area contributed by atoms with Gasteiger partial charge in [-0.15, -0.1) is 0 Å². The molecule has 7 nitrogen and oxygen atoms in total. The minimum absolute atomic E-state index is 0.0813. The number of methoxy groups -OCH3 is 1. The van der Waals surface area contributed by atoms with Crippen LogP contribution in [0.3, 0.4) is 0 Å². The average molecular weight is 480 g/mol. The Morgan fingerprint density at radius 1 is 1.09 bits per heavy atom. The van der Waals surface area contributed by atoms with Crippen LogP contribution in [0.2, 0.25) is 0 Å². The van der Waals surface area contributed by atoms with Gasteiger partial charge in [0.25, 0.3) is 5.95 Å². The fraction of sp³-hybridized carbons (Fsp3) is 0.321. The Kier molecular flexibility index (Phi) is 8.64. The van der Waals surface area contributed by atoms with Crippen molar-refractivity contribution >= 4 is 11.8 Å². The summed E-state index contributed by atoms with van der Waals surface area (Å²) in [5.41, 5.74) is 6.53. The number of benzene rings is 1. The van der Waals surface area contributed by atoms with Gasteiger partial charge in [0.15, 0.2) is 11.1 Å². The minimum atomic E-state index is -0.931. The van der Waals surface area contributed by atoms with E-state index in [-0.39, 0.29) is 23.2 Å². The van der Waals surface area contributed by atoms with E-state index >= 15 is 0 Å². The maximum Gasteiger partial charge on any atom is 0.291 e. The van der Waals surface area contributed by atoms with Crippen LogP contribution < -0.4 is 15.4 Å². The van der Waals surface area contributed by atoms with Gasteiger partial charge in [-0.05, 0) is 57.9 Å². The highest BCUT2D eigenvalue weighted by Crippen LogP contribution is 2.35. The molecule has 0 bridgehead atoms. The lowest BCUT2D eigenvalue weighted by molar-refractivity contribution is -0.991. The summed E-state index contributed by atoms with van der Waals surface area (Å²) in [5.74, 6) is 0.755. The van der Waals surface area contributed by atoms with E-state index in [1.54, 1.807) is 38.1 Å². The Morgan fingerprint density at radius 3 is 2.37 bits per heavy atom. The predicted octanol–water partition coefficient (Wildman–Crippen LogP) is 5.05. The molecule has 7 heteroatoms. The summed E-state index contributed by atoms with van der Waals surface area (Å²) < 4.78 is 17.0. The van der Waals surface area contributed by atoms with Gasteiger partial charge in [0.1, 0.15) is 11.9 Å². The number of nitrogens with one attached hydrogen (secondary N) is 1. The van der Waals surface area contributed by atoms with E-state index in [4.69, 9.17) is 19.1 Å². The molecule has 1 aliphatic rings. The molecule has 0 saturated carbocycles. The second kappa shape index (κ2) is 11.5. The van der Waals surface area contributed by atoms with Crippen molar-refractivity contribution in [2.45, 2.75) is 47.1 Å². The van der Waals surface area contributed by atoms with Crippen molar-refractivity contribution in [1.29, 1.82) is 0 Å². The van der Waals surface area contributed by atoms with E-state index in [1.807, 2.05) is 26.8 Å². The Labute approximate surface area is 205 Å². The monoisotopic (exact) mass is 479 g/mol. The zero-order valence-corrected chi connectivity index (χ0v) is 21.1. The molecule has 1 unspecified atom stereocenters. The third-order valence-corrected chi connectivity index (χ3v) is 5.85. The summed E-state index contributed by atoms with van der Waals surface area (Å²) in [6.45, 7) is 10.0. The molecule has 1 aromatic heterocycles. The van der Waals surface area contributed by atoms with Crippen LogP contribution in [0.4, 0.5) is 5.69 Å². The lowest BCUT2D eigenvalue weighted by atomic mass is 10.0. The van der Waals surface area contributed by atoms with Gasteiger partial charge in [0.2, 0.25) is 0 Å². The van der Waals surface area contributed by atoms with E-state index in [2.05, 4.69) is 18.2 Å². The van der Waals surface area contributed by atoms with Gasteiger partial charge >= 0.3 is 0 Å². The van der Waals surface area contributed by atoms with Crippen LogP contribution in [0, 0.1) is 19.1 Å². The van der Waals surface area contributed by atoms with Crippen molar-refractivity contribution in [2.24, 2.45) is 0 Å². The molecule has 0 aliphatic carbocycles. The zero-order valence-electron chi connectivity index (χ0n) is 21.1. The van der Waals surface area contributed by atoms with Gasteiger partial charge in [-0.2, -0.15) is 5.23 Å². The first-order chi connectivity index (χ1) is 16.6. The van der Waals surface area contributed by atoms with Crippen LogP contribution in [0.15, 0.2) is 74.0 Å². The molecule has 35 heavy (non-hydrogen) atoms. The number of ether oxygens (including phenoxy) is 2. The summed E-state index contributed by atoms with van der Waals surface area (Å²) in [5, 5.41) is 19.1. The van der Waals surface area contributed by atoms with Gasteiger partial charge in [0.05, 0.1) is 19.3 Å². The first-order valence-electron chi connectivity index (χ1n) is 11.5. The molecule has 2 heterocycles. The fourth-order valence-corrected chi connectivity index (χ4v) is 4.22. The summed E-state index contributed by atoms with van der Waals surface area (Å²) >= 11 is 0. The van der Waals surface area contributed by atoms with Crippen LogP contribution in [0.25, 0.3) is 6.08 Å². The second-order valence-corrected chi connectivity index (χ2v) is 8.94. The molecule has 0 radical (unpaired) electrons. The third kappa shape index (κ3) is 6.68. The van der Waals surface area contributed by atoms with Crippen LogP contribution in [0.5, 0.6) is 5.95 Å². The van der Waals surface area contributed by atoms with Crippen LogP contribution >= 0.6 is 0 Å². The lowest BCUT2D eigenvalue weighted by Gasteiger charge is -2.13. The van der Waals surface area contributed by atoms with Crippen molar-refractivity contribution in [3.8, 4) is 5.95 Å². The van der Waals surface area contributed by atoms with E-state index in [0.29, 0.717) is 29.9 Å². The fourth-order valence-electron chi connectivity index (χ4n) is 4.22. The first kappa shape index (κ1) is 26.4. The standard InChI is InChI=1S/C28H33NO6/c1-17(11-18(2)13-22-7-9-24(10-8-22)29(31)32)12-19(3)14-23-15-25(34-16-23)27-20(4)26(30)21(5)28(33-6)35-27/h7-14,25,29,31H,15-16H2,1-6H3/b17-11+,18-13+,19-12+,23-14-/t25-/m1/s1. The molecule has 2 N–H and O–H groups in total. The SMILES string of the molecule is COc1oc([C@H]2C/C(=C/C(C)=C/C(C)=C/C(C)=C/c3ccc([NH+]([O-])O)cc3)CO2)c(C)c(=O)c1C. The molecule has 1 fully saturated rings. The van der Waals surface area contributed by atoms with Gasteiger partial charge in [0, 0.05) is 24.1 Å². The minimum Gasteiger partial charge on any atom is -0.595 e. The molecule has 0 spiro atoms. The van der Waals surface area contributed by atoms with Crippen molar-refractivity contribution < 1.29 is 24.3 Å². The molecule has 3 rings (SSSR count). The largest absolute Gasteiger partial charge is 0.595 e. The van der Waals surface area contributed by atoms with Gasteiger partial charge in [-0.1, -0.05) is 41.0 Å². The summed E-state index contributed by atoms with van der Waals surface area (Å²) in [4.78, 5) is 12.5. The van der Waals surface area contributed by atoms with Crippen LogP contribution in [-0.2, 0) is 4.74 Å². The van der Waals surface area contributed by atoms with E-state index < -0.39 is 5.23 Å². The maximum atomic E-state index is 12.5. The zero-order chi connectivity index (χ0) is 25.7. The quantitative estimate of drug-likeness (QED) is 0.426. The summed E-state index contributed by atoms with van der Waals surface area (Å²) in [6, 6.07) is 6.80. The number of quaternary nitrogens is 1. The average Bonchev–Trinajstić information content (AvgIpc) is 3.25. The van der Waals surface area contributed by atoms with Gasteiger partial charge in [-0.25, -0.2) is 5.21 Å². The topological polar surface area (TPSA) is 96.4 Å². The molecule has 1 aromatic carbocycles. The molecular weight excluding hydrogens is 446 g/mol. The van der Waals surface area contributed by atoms with Crippen molar-refractivity contribution in [1.82, 2.24) is 0 Å². The Morgan fingerprint density at radius 2 is 1.74 bits per heavy atom. The Balaban J connectivity index is 1.71. The second-order valence-electron chi connectivity index (χ2n) is 8.94. The van der Waals surface area contributed by atoms with E-state index in [9.17, 15) is 10.0 Å². The highest BCUT2D eigenvalue weighted by molar-refractivity contribution is 5.57. The van der Waals surface area contributed by atoms with Crippen molar-refractivity contribution in [2.75, 3.05) is 13.7 Å². The molecular formula is C28H33NO6. The summed E-state index contributed by atoms with van der Waals surface area (Å²) in [7, 11) is 1.49. The van der Waals surface area contributed by atoms with Crippen molar-refractivity contribution in [3.63, 3.8) is 0 Å². The molecule has 1 aliphatic heterocycles.